The van der Waals surface area contributed by atoms with Gasteiger partial charge < -0.3 is 19.5 Å². The number of amides is 1. The molecular weight excluding hydrogens is 334 g/mol. The number of nitrogens with one attached hydrogen (secondary N) is 1. The molecule has 26 heavy (non-hydrogen) atoms. The van der Waals surface area contributed by atoms with E-state index in [9.17, 15) is 9.59 Å². The molecule has 0 aromatic heterocycles. The van der Waals surface area contributed by atoms with Gasteiger partial charge in [0.2, 0.25) is 0 Å². The average molecular weight is 363 g/mol. The molecule has 0 aliphatic heterocycles. The maximum Gasteiger partial charge on any atom is 0.341 e. The van der Waals surface area contributed by atoms with Gasteiger partial charge in [0, 0.05) is 12.8 Å². The number of esters is 1. The molecular formula is C20H29NO5. The molecule has 2 rings (SSSR count). The zero-order chi connectivity index (χ0) is 19.2. The molecule has 1 saturated carbocycles. The summed E-state index contributed by atoms with van der Waals surface area (Å²) in [5.41, 5.74) is 0.0154. The number of anilines is 1. The third kappa shape index (κ3) is 4.55. The van der Waals surface area contributed by atoms with Gasteiger partial charge in [0.25, 0.3) is 5.91 Å². The lowest BCUT2D eigenvalue weighted by atomic mass is 9.79. The molecule has 6 nitrogen and oxygen atoms in total. The lowest BCUT2D eigenvalue weighted by Gasteiger charge is -2.36. The summed E-state index contributed by atoms with van der Waals surface area (Å²) in [6, 6.07) is 4.99. The Morgan fingerprint density at radius 3 is 2.46 bits per heavy atom. The third-order valence-corrected chi connectivity index (χ3v) is 4.92. The fraction of sp³-hybridized carbons (Fsp3) is 0.600. The molecule has 0 bridgehead atoms. The normalized spacial score (nSPS) is 22.5. The predicted octanol–water partition coefficient (Wildman–Crippen LogP) is 3.80. The minimum Gasteiger partial charge on any atom is -0.493 e. The molecule has 6 heteroatoms. The monoisotopic (exact) mass is 363 g/mol. The number of carbonyl (C=O) groups is 2. The van der Waals surface area contributed by atoms with E-state index in [2.05, 4.69) is 12.2 Å². The average Bonchev–Trinajstić information content (AvgIpc) is 2.64. The van der Waals surface area contributed by atoms with Crippen LogP contribution in [0.4, 0.5) is 5.69 Å². The van der Waals surface area contributed by atoms with Gasteiger partial charge in [0.1, 0.15) is 16.9 Å². The molecule has 1 amide bonds. The zero-order valence-corrected chi connectivity index (χ0v) is 16.1. The molecule has 1 aliphatic rings. The van der Waals surface area contributed by atoms with Crippen molar-refractivity contribution in [3.63, 3.8) is 0 Å². The van der Waals surface area contributed by atoms with Crippen molar-refractivity contribution in [2.45, 2.75) is 52.1 Å². The molecule has 1 aromatic carbocycles. The predicted molar refractivity (Wildman–Crippen MR) is 99.6 cm³/mol. The number of hydrogen-bond acceptors (Lipinski definition) is 5. The Morgan fingerprint density at radius 2 is 1.88 bits per heavy atom. The quantitative estimate of drug-likeness (QED) is 0.746. The summed E-state index contributed by atoms with van der Waals surface area (Å²) in [6.45, 7) is 6.48. The minimum absolute atomic E-state index is 0.175. The van der Waals surface area contributed by atoms with E-state index in [0.29, 0.717) is 42.4 Å². The van der Waals surface area contributed by atoms with Crippen molar-refractivity contribution in [1.82, 2.24) is 0 Å². The lowest BCUT2D eigenvalue weighted by molar-refractivity contribution is -0.142. The topological polar surface area (TPSA) is 73.9 Å². The maximum atomic E-state index is 12.9. The summed E-state index contributed by atoms with van der Waals surface area (Å²) in [4.78, 5) is 25.1. The van der Waals surface area contributed by atoms with E-state index in [4.69, 9.17) is 14.2 Å². The lowest BCUT2D eigenvalue weighted by Crippen LogP contribution is -2.47. The fourth-order valence-electron chi connectivity index (χ4n) is 3.25. The molecule has 0 atom stereocenters. The molecule has 0 spiro atoms. The Labute approximate surface area is 155 Å². The first kappa shape index (κ1) is 20.2. The van der Waals surface area contributed by atoms with Gasteiger partial charge in [-0.3, -0.25) is 4.79 Å². The maximum absolute atomic E-state index is 12.9. The van der Waals surface area contributed by atoms with Crippen LogP contribution in [0.5, 0.6) is 5.75 Å². The van der Waals surface area contributed by atoms with Crippen LogP contribution in [0.1, 0.15) is 56.8 Å². The van der Waals surface area contributed by atoms with Crippen molar-refractivity contribution < 1.29 is 23.8 Å². The van der Waals surface area contributed by atoms with Gasteiger partial charge in [-0.15, -0.1) is 0 Å². The Bertz CT molecular complexity index is 635. The van der Waals surface area contributed by atoms with Gasteiger partial charge in [0.15, 0.2) is 0 Å². The van der Waals surface area contributed by atoms with E-state index in [0.717, 1.165) is 12.8 Å². The van der Waals surface area contributed by atoms with Crippen molar-refractivity contribution in [1.29, 1.82) is 0 Å². The number of hydrogen-bond donors (Lipinski definition) is 1. The highest BCUT2D eigenvalue weighted by Gasteiger charge is 2.41. The molecule has 0 radical (unpaired) electrons. The molecule has 1 aromatic rings. The van der Waals surface area contributed by atoms with Gasteiger partial charge in [0.05, 0.1) is 13.2 Å². The summed E-state index contributed by atoms with van der Waals surface area (Å²) in [7, 11) is 1.58. The Morgan fingerprint density at radius 1 is 1.19 bits per heavy atom. The van der Waals surface area contributed by atoms with Crippen LogP contribution in [0, 0.1) is 5.92 Å². The number of rotatable bonds is 7. The Balaban J connectivity index is 2.21. The van der Waals surface area contributed by atoms with Crippen molar-refractivity contribution in [2.75, 3.05) is 25.6 Å². The highest BCUT2D eigenvalue weighted by molar-refractivity contribution is 5.99. The Kier molecular flexibility index (Phi) is 7.03. The van der Waals surface area contributed by atoms with Crippen molar-refractivity contribution in [2.24, 2.45) is 5.92 Å². The van der Waals surface area contributed by atoms with Gasteiger partial charge in [-0.2, -0.15) is 0 Å². The molecule has 1 N–H and O–H groups in total. The van der Waals surface area contributed by atoms with Crippen LogP contribution in [-0.4, -0.2) is 37.8 Å². The van der Waals surface area contributed by atoms with E-state index in [1.165, 1.54) is 0 Å². The molecule has 0 saturated heterocycles. The van der Waals surface area contributed by atoms with Crippen LogP contribution in [-0.2, 0) is 14.3 Å². The van der Waals surface area contributed by atoms with Gasteiger partial charge in [-0.05, 0) is 63.6 Å². The first-order valence-electron chi connectivity index (χ1n) is 9.26. The van der Waals surface area contributed by atoms with Crippen molar-refractivity contribution >= 4 is 17.6 Å². The highest BCUT2D eigenvalue weighted by atomic mass is 16.5. The van der Waals surface area contributed by atoms with E-state index >= 15 is 0 Å². The van der Waals surface area contributed by atoms with Crippen LogP contribution >= 0.6 is 0 Å². The van der Waals surface area contributed by atoms with Crippen LogP contribution < -0.4 is 10.1 Å². The smallest absolute Gasteiger partial charge is 0.341 e. The summed E-state index contributed by atoms with van der Waals surface area (Å²) < 4.78 is 16.2. The van der Waals surface area contributed by atoms with Gasteiger partial charge in [-0.1, -0.05) is 6.92 Å². The number of methoxy groups -OCH3 is 1. The zero-order valence-electron chi connectivity index (χ0n) is 16.1. The number of carbonyl (C=O) groups excluding carboxylic acids is 2. The van der Waals surface area contributed by atoms with E-state index in [1.807, 2.05) is 6.92 Å². The van der Waals surface area contributed by atoms with E-state index < -0.39 is 11.6 Å². The summed E-state index contributed by atoms with van der Waals surface area (Å²) in [6.07, 6.45) is 3.30. The standard InChI is InChI=1S/C20H29NO5/c1-5-25-17-8-7-15(13-16(17)18(22)26-6-2)21-19(23)20(24-4)11-9-14(3)10-12-20/h7-8,13-14H,5-6,9-12H2,1-4H3,(H,21,23). The summed E-state index contributed by atoms with van der Waals surface area (Å²) >= 11 is 0. The SMILES string of the molecule is CCOC(=O)c1cc(NC(=O)C2(OC)CCC(C)CC2)ccc1OCC. The molecule has 1 fully saturated rings. The summed E-state index contributed by atoms with van der Waals surface area (Å²) in [5.74, 6) is 0.398. The molecule has 1 aliphatic carbocycles. The Hall–Kier alpha value is -2.08. The van der Waals surface area contributed by atoms with E-state index in [1.54, 1.807) is 32.2 Å². The molecule has 0 heterocycles. The second-order valence-electron chi connectivity index (χ2n) is 6.70. The van der Waals surface area contributed by atoms with Crippen LogP contribution in [0.15, 0.2) is 18.2 Å². The highest BCUT2D eigenvalue weighted by Crippen LogP contribution is 2.35. The second kappa shape index (κ2) is 9.03. The van der Waals surface area contributed by atoms with Gasteiger partial charge in [-0.25, -0.2) is 4.79 Å². The van der Waals surface area contributed by atoms with Crippen LogP contribution in [0.25, 0.3) is 0 Å². The fourth-order valence-corrected chi connectivity index (χ4v) is 3.25. The molecule has 0 unspecified atom stereocenters. The first-order valence-corrected chi connectivity index (χ1v) is 9.26. The number of benzene rings is 1. The first-order chi connectivity index (χ1) is 12.5. The van der Waals surface area contributed by atoms with Crippen LogP contribution in [0.3, 0.4) is 0 Å². The second-order valence-corrected chi connectivity index (χ2v) is 6.70. The third-order valence-electron chi connectivity index (χ3n) is 4.92. The summed E-state index contributed by atoms with van der Waals surface area (Å²) in [5, 5.41) is 2.90. The number of ether oxygens (including phenoxy) is 3. The van der Waals surface area contributed by atoms with Crippen molar-refractivity contribution in [3.8, 4) is 5.75 Å². The van der Waals surface area contributed by atoms with E-state index in [-0.39, 0.29) is 12.5 Å². The minimum atomic E-state index is -0.810. The largest absolute Gasteiger partial charge is 0.493 e. The van der Waals surface area contributed by atoms with Crippen molar-refractivity contribution in [3.05, 3.63) is 23.8 Å². The van der Waals surface area contributed by atoms with Gasteiger partial charge >= 0.3 is 5.97 Å². The van der Waals surface area contributed by atoms with Crippen LogP contribution in [0.2, 0.25) is 0 Å². The molecule has 144 valence electrons.